The van der Waals surface area contributed by atoms with Crippen molar-refractivity contribution in [2.75, 3.05) is 25.2 Å². The first-order chi connectivity index (χ1) is 15.0. The zero-order valence-electron chi connectivity index (χ0n) is 17.8. The Balaban J connectivity index is 1.63. The molecule has 7 nitrogen and oxygen atoms in total. The number of aryl methyl sites for hydroxylation is 1. The van der Waals surface area contributed by atoms with Gasteiger partial charge in [0.25, 0.3) is 11.1 Å². The highest BCUT2D eigenvalue weighted by molar-refractivity contribution is 8.14. The van der Waals surface area contributed by atoms with Crippen molar-refractivity contribution in [3.8, 4) is 11.5 Å². The number of benzene rings is 2. The number of fused-ring (bicyclic) bond motifs is 1. The zero-order valence-corrected chi connectivity index (χ0v) is 18.6. The number of rotatable bonds is 5. The van der Waals surface area contributed by atoms with Crippen molar-refractivity contribution in [1.29, 1.82) is 0 Å². The molecule has 0 aliphatic carbocycles. The standard InChI is InChI=1S/C23H25N3O4S/c1-4-30-19-10-8-17(13-20(19)29-3)22(27)26-11-5-6-15-12-16(7-9-18(15)26)21-14(2)31-23(28)25-24-21/h7-10,12-14H,4-6,11H2,1-3H3,(H,25,28). The molecule has 2 aromatic rings. The summed E-state index contributed by atoms with van der Waals surface area (Å²) in [5.74, 6) is 1.10. The van der Waals surface area contributed by atoms with E-state index in [-0.39, 0.29) is 16.4 Å². The van der Waals surface area contributed by atoms with Crippen LogP contribution in [0.25, 0.3) is 0 Å². The Morgan fingerprint density at radius 2 is 2.10 bits per heavy atom. The molecule has 1 unspecified atom stereocenters. The minimum absolute atomic E-state index is 0.0237. The molecule has 0 saturated heterocycles. The van der Waals surface area contributed by atoms with Crippen LogP contribution in [0.4, 0.5) is 10.5 Å². The lowest BCUT2D eigenvalue weighted by molar-refractivity contribution is 0.0984. The third-order valence-electron chi connectivity index (χ3n) is 5.39. The Bertz CT molecular complexity index is 1050. The van der Waals surface area contributed by atoms with Crippen LogP contribution in [-0.2, 0) is 6.42 Å². The first kappa shape index (κ1) is 21.2. The number of carbonyl (C=O) groups is 2. The van der Waals surface area contributed by atoms with Crippen LogP contribution < -0.4 is 19.8 Å². The number of carbonyl (C=O) groups excluding carboxylic acids is 2. The van der Waals surface area contributed by atoms with E-state index in [0.29, 0.717) is 30.2 Å². The predicted molar refractivity (Wildman–Crippen MR) is 123 cm³/mol. The van der Waals surface area contributed by atoms with Crippen LogP contribution in [0.2, 0.25) is 0 Å². The summed E-state index contributed by atoms with van der Waals surface area (Å²) in [5.41, 5.74) is 6.92. The van der Waals surface area contributed by atoms with E-state index in [4.69, 9.17) is 9.47 Å². The lowest BCUT2D eigenvalue weighted by Gasteiger charge is -2.30. The summed E-state index contributed by atoms with van der Waals surface area (Å²) in [4.78, 5) is 26.7. The molecule has 0 spiro atoms. The van der Waals surface area contributed by atoms with Gasteiger partial charge in [-0.15, -0.1) is 0 Å². The quantitative estimate of drug-likeness (QED) is 0.754. The molecule has 1 atom stereocenters. The van der Waals surface area contributed by atoms with Gasteiger partial charge in [-0.25, -0.2) is 5.43 Å². The minimum atomic E-state index is -0.142. The summed E-state index contributed by atoms with van der Waals surface area (Å²) in [6, 6.07) is 11.3. The molecule has 2 aliphatic rings. The Morgan fingerprint density at radius 1 is 1.26 bits per heavy atom. The molecule has 31 heavy (non-hydrogen) atoms. The van der Waals surface area contributed by atoms with Gasteiger partial charge in [0.2, 0.25) is 0 Å². The molecule has 1 N–H and O–H groups in total. The lowest BCUT2D eigenvalue weighted by Crippen LogP contribution is -2.36. The van der Waals surface area contributed by atoms with Crippen molar-refractivity contribution in [2.24, 2.45) is 5.10 Å². The van der Waals surface area contributed by atoms with Crippen molar-refractivity contribution in [3.05, 3.63) is 53.1 Å². The number of ether oxygens (including phenoxy) is 2. The highest BCUT2D eigenvalue weighted by atomic mass is 32.2. The topological polar surface area (TPSA) is 80.2 Å². The molecular weight excluding hydrogens is 414 g/mol. The summed E-state index contributed by atoms with van der Waals surface area (Å²) in [6.07, 6.45) is 1.77. The molecule has 0 bridgehead atoms. The lowest BCUT2D eigenvalue weighted by atomic mass is 9.96. The molecular formula is C23H25N3O4S. The van der Waals surface area contributed by atoms with E-state index in [1.54, 1.807) is 25.3 Å². The van der Waals surface area contributed by atoms with Crippen LogP contribution in [0.3, 0.4) is 0 Å². The van der Waals surface area contributed by atoms with E-state index < -0.39 is 0 Å². The highest BCUT2D eigenvalue weighted by Gasteiger charge is 2.27. The van der Waals surface area contributed by atoms with E-state index in [9.17, 15) is 9.59 Å². The number of hydrogen-bond donors (Lipinski definition) is 1. The van der Waals surface area contributed by atoms with Crippen molar-refractivity contribution in [3.63, 3.8) is 0 Å². The number of thioether (sulfide) groups is 1. The van der Waals surface area contributed by atoms with Gasteiger partial charge in [-0.1, -0.05) is 17.8 Å². The number of nitrogens with one attached hydrogen (secondary N) is 1. The summed E-state index contributed by atoms with van der Waals surface area (Å²) in [6.45, 7) is 5.06. The first-order valence-corrected chi connectivity index (χ1v) is 11.2. The van der Waals surface area contributed by atoms with Gasteiger partial charge in [0.15, 0.2) is 11.5 Å². The van der Waals surface area contributed by atoms with Gasteiger partial charge in [-0.05, 0) is 68.1 Å². The number of hydrazone groups is 1. The van der Waals surface area contributed by atoms with Crippen molar-refractivity contribution < 1.29 is 19.1 Å². The number of hydrogen-bond acceptors (Lipinski definition) is 6. The molecule has 0 radical (unpaired) electrons. The van der Waals surface area contributed by atoms with Gasteiger partial charge in [0.1, 0.15) is 0 Å². The van der Waals surface area contributed by atoms with E-state index >= 15 is 0 Å². The van der Waals surface area contributed by atoms with Gasteiger partial charge in [0, 0.05) is 17.8 Å². The van der Waals surface area contributed by atoms with E-state index in [1.807, 2.05) is 30.9 Å². The third kappa shape index (κ3) is 4.25. The van der Waals surface area contributed by atoms with Crippen LogP contribution in [0.15, 0.2) is 41.5 Å². The summed E-state index contributed by atoms with van der Waals surface area (Å²) in [7, 11) is 1.57. The smallest absolute Gasteiger partial charge is 0.299 e. The molecule has 2 aromatic carbocycles. The Kier molecular flexibility index (Phi) is 6.18. The second-order valence-corrected chi connectivity index (χ2v) is 8.67. The maximum atomic E-state index is 13.3. The van der Waals surface area contributed by atoms with Gasteiger partial charge >= 0.3 is 0 Å². The van der Waals surface area contributed by atoms with E-state index in [2.05, 4.69) is 16.6 Å². The molecule has 4 rings (SSSR count). The number of methoxy groups -OCH3 is 1. The van der Waals surface area contributed by atoms with Crippen molar-refractivity contribution in [1.82, 2.24) is 5.43 Å². The van der Waals surface area contributed by atoms with Crippen LogP contribution in [0.5, 0.6) is 11.5 Å². The third-order valence-corrected chi connectivity index (χ3v) is 6.27. The molecule has 8 heteroatoms. The summed E-state index contributed by atoms with van der Waals surface area (Å²) in [5, 5.41) is 4.08. The summed E-state index contributed by atoms with van der Waals surface area (Å²) >= 11 is 1.22. The average molecular weight is 440 g/mol. The van der Waals surface area contributed by atoms with E-state index in [1.165, 1.54) is 11.8 Å². The largest absolute Gasteiger partial charge is 0.493 e. The second kappa shape index (κ2) is 9.01. The average Bonchev–Trinajstić information content (AvgIpc) is 2.78. The van der Waals surface area contributed by atoms with Gasteiger partial charge in [0.05, 0.1) is 24.7 Å². The van der Waals surface area contributed by atoms with E-state index in [0.717, 1.165) is 35.4 Å². The monoisotopic (exact) mass is 439 g/mol. The Morgan fingerprint density at radius 3 is 2.84 bits per heavy atom. The Labute approximate surface area is 185 Å². The van der Waals surface area contributed by atoms with Crippen LogP contribution in [0, 0.1) is 0 Å². The maximum Gasteiger partial charge on any atom is 0.299 e. The number of nitrogens with zero attached hydrogens (tertiary/aromatic N) is 2. The summed E-state index contributed by atoms with van der Waals surface area (Å²) < 4.78 is 11.0. The normalized spacial score (nSPS) is 18.0. The Hall–Kier alpha value is -3.00. The molecule has 2 heterocycles. The SMILES string of the molecule is CCOc1ccc(C(=O)N2CCCc3cc(C4=NNC(=O)SC4C)ccc32)cc1OC. The highest BCUT2D eigenvalue weighted by Crippen LogP contribution is 2.33. The fourth-order valence-corrected chi connectivity index (χ4v) is 4.66. The first-order valence-electron chi connectivity index (χ1n) is 10.3. The predicted octanol–water partition coefficient (Wildman–Crippen LogP) is 4.24. The number of anilines is 1. The zero-order chi connectivity index (χ0) is 22.0. The fraction of sp³-hybridized carbons (Fsp3) is 0.348. The number of amides is 2. The van der Waals surface area contributed by atoms with Gasteiger partial charge in [-0.2, -0.15) is 5.10 Å². The fourth-order valence-electron chi connectivity index (χ4n) is 3.94. The van der Waals surface area contributed by atoms with Crippen LogP contribution in [0.1, 0.15) is 41.8 Å². The maximum absolute atomic E-state index is 13.3. The molecule has 2 amide bonds. The minimum Gasteiger partial charge on any atom is -0.493 e. The van der Waals surface area contributed by atoms with Crippen LogP contribution in [-0.4, -0.2) is 42.4 Å². The van der Waals surface area contributed by atoms with Crippen molar-refractivity contribution in [2.45, 2.75) is 31.9 Å². The van der Waals surface area contributed by atoms with Crippen molar-refractivity contribution >= 4 is 34.3 Å². The molecule has 0 saturated carbocycles. The van der Waals surface area contributed by atoms with Gasteiger partial charge in [-0.3, -0.25) is 9.59 Å². The molecule has 2 aliphatic heterocycles. The molecule has 162 valence electrons. The van der Waals surface area contributed by atoms with Gasteiger partial charge < -0.3 is 14.4 Å². The second-order valence-electron chi connectivity index (χ2n) is 7.36. The molecule has 0 aromatic heterocycles. The van der Waals surface area contributed by atoms with Crippen LogP contribution >= 0.6 is 11.8 Å². The molecule has 0 fully saturated rings.